The van der Waals surface area contributed by atoms with Crippen LogP contribution in [0.15, 0.2) is 37.4 Å². The Hall–Kier alpha value is -1.02. The van der Waals surface area contributed by atoms with E-state index in [1.807, 2.05) is 12.2 Å². The summed E-state index contributed by atoms with van der Waals surface area (Å²) in [5.41, 5.74) is 0. The fourth-order valence-electron chi connectivity index (χ4n) is 2.59. The van der Waals surface area contributed by atoms with Crippen molar-refractivity contribution in [3.63, 3.8) is 0 Å². The Morgan fingerprint density at radius 2 is 1.12 bits per heavy atom. The third kappa shape index (κ3) is 7.70. The highest BCUT2D eigenvalue weighted by atomic mass is 32.1. The molecule has 2 atom stereocenters. The van der Waals surface area contributed by atoms with Crippen LogP contribution in [0.4, 0.5) is 0 Å². The summed E-state index contributed by atoms with van der Waals surface area (Å²) in [5, 5.41) is 0. The van der Waals surface area contributed by atoms with Crippen molar-refractivity contribution in [1.82, 2.24) is 0 Å². The number of ether oxygens (including phenoxy) is 5. The number of thiophene rings is 1. The van der Waals surface area contributed by atoms with Gasteiger partial charge < -0.3 is 23.7 Å². The first-order chi connectivity index (χ1) is 12.8. The van der Waals surface area contributed by atoms with E-state index in [0.717, 1.165) is 12.8 Å². The topological polar surface area (TPSA) is 46.2 Å². The van der Waals surface area contributed by atoms with Gasteiger partial charge in [-0.25, -0.2) is 0 Å². The van der Waals surface area contributed by atoms with Gasteiger partial charge >= 0.3 is 0 Å². The molecule has 0 radical (unpaired) electrons. The molecule has 6 heteroatoms. The molecule has 2 heterocycles. The van der Waals surface area contributed by atoms with E-state index in [2.05, 4.69) is 25.3 Å². The van der Waals surface area contributed by atoms with Crippen LogP contribution in [0.1, 0.15) is 34.8 Å². The SMILES string of the molecule is C=CC[C@@H]1OCCOCCOCCOCCO[C@@H](CC=C)c2ccc1s2. The highest BCUT2D eigenvalue weighted by Gasteiger charge is 2.18. The van der Waals surface area contributed by atoms with Gasteiger partial charge in [-0.1, -0.05) is 12.2 Å². The predicted octanol–water partition coefficient (Wildman–Crippen LogP) is 4.08. The van der Waals surface area contributed by atoms with Crippen LogP contribution in [0.2, 0.25) is 0 Å². The molecule has 0 N–H and O–H groups in total. The second kappa shape index (κ2) is 13.2. The maximum atomic E-state index is 6.01. The molecule has 1 aromatic heterocycles. The molecule has 1 aliphatic heterocycles. The van der Waals surface area contributed by atoms with Gasteiger partial charge in [0.2, 0.25) is 0 Å². The molecular formula is C20H30O5S. The van der Waals surface area contributed by atoms with Crippen molar-refractivity contribution in [2.45, 2.75) is 25.0 Å². The average molecular weight is 383 g/mol. The van der Waals surface area contributed by atoms with Gasteiger partial charge in [0, 0.05) is 9.75 Å². The van der Waals surface area contributed by atoms with E-state index in [4.69, 9.17) is 23.7 Å². The van der Waals surface area contributed by atoms with Gasteiger partial charge in [-0.15, -0.1) is 24.5 Å². The standard InChI is InChI=1S/C20H30O5S/c1-3-5-17-19-7-8-20(26-19)18(6-4-2)25-16-14-23-12-10-21-9-11-22-13-15-24-17/h3-4,7-8,17-18H,1-2,5-6,9-16H2/t17-,18-/m0/s1. The average Bonchev–Trinajstić information content (AvgIpc) is 3.13. The van der Waals surface area contributed by atoms with E-state index in [1.54, 1.807) is 11.3 Å². The van der Waals surface area contributed by atoms with E-state index < -0.39 is 0 Å². The Balaban J connectivity index is 2.03. The largest absolute Gasteiger partial charge is 0.377 e. The van der Waals surface area contributed by atoms with E-state index in [-0.39, 0.29) is 12.2 Å². The van der Waals surface area contributed by atoms with Crippen molar-refractivity contribution in [3.8, 4) is 0 Å². The maximum Gasteiger partial charge on any atom is 0.0952 e. The minimum atomic E-state index is -0.00213. The van der Waals surface area contributed by atoms with Gasteiger partial charge in [0.1, 0.15) is 0 Å². The molecule has 146 valence electrons. The van der Waals surface area contributed by atoms with Gasteiger partial charge in [0.25, 0.3) is 0 Å². The summed E-state index contributed by atoms with van der Waals surface area (Å²) >= 11 is 1.73. The molecule has 2 bridgehead atoms. The first kappa shape index (κ1) is 21.3. The van der Waals surface area contributed by atoms with Crippen LogP contribution in [-0.2, 0) is 23.7 Å². The Bertz CT molecular complexity index is 474. The van der Waals surface area contributed by atoms with Crippen LogP contribution in [0.25, 0.3) is 0 Å². The molecule has 0 spiro atoms. The van der Waals surface area contributed by atoms with Gasteiger partial charge in [0.15, 0.2) is 0 Å². The fraction of sp³-hybridized carbons (Fsp3) is 0.600. The zero-order valence-corrected chi connectivity index (χ0v) is 16.2. The minimum absolute atomic E-state index is 0.00213. The molecular weight excluding hydrogens is 352 g/mol. The zero-order chi connectivity index (χ0) is 18.5. The van der Waals surface area contributed by atoms with Crippen molar-refractivity contribution in [3.05, 3.63) is 47.2 Å². The van der Waals surface area contributed by atoms with Crippen LogP contribution in [0, 0.1) is 0 Å². The Kier molecular flexibility index (Phi) is 10.8. The molecule has 0 saturated heterocycles. The molecule has 5 nitrogen and oxygen atoms in total. The third-order valence-corrected chi connectivity index (χ3v) is 5.15. The molecule has 1 aliphatic rings. The molecule has 0 unspecified atom stereocenters. The van der Waals surface area contributed by atoms with Crippen LogP contribution < -0.4 is 0 Å². The molecule has 0 aromatic carbocycles. The maximum absolute atomic E-state index is 6.01. The lowest BCUT2D eigenvalue weighted by Gasteiger charge is -2.17. The third-order valence-electron chi connectivity index (χ3n) is 3.88. The smallest absolute Gasteiger partial charge is 0.0952 e. The Morgan fingerprint density at radius 3 is 1.50 bits per heavy atom. The quantitative estimate of drug-likeness (QED) is 0.735. The summed E-state index contributed by atoms with van der Waals surface area (Å²) in [6, 6.07) is 4.24. The first-order valence-corrected chi connectivity index (χ1v) is 9.94. The Morgan fingerprint density at radius 1 is 0.731 bits per heavy atom. The lowest BCUT2D eigenvalue weighted by Crippen LogP contribution is -2.14. The Labute approximate surface area is 160 Å². The predicted molar refractivity (Wildman–Crippen MR) is 104 cm³/mol. The lowest BCUT2D eigenvalue weighted by molar-refractivity contribution is -0.0285. The molecule has 0 amide bonds. The molecule has 26 heavy (non-hydrogen) atoms. The van der Waals surface area contributed by atoms with E-state index >= 15 is 0 Å². The van der Waals surface area contributed by atoms with E-state index in [9.17, 15) is 0 Å². The van der Waals surface area contributed by atoms with Crippen molar-refractivity contribution in [1.29, 1.82) is 0 Å². The summed E-state index contributed by atoms with van der Waals surface area (Å²) in [6.45, 7) is 12.1. The van der Waals surface area contributed by atoms with Gasteiger partial charge in [0.05, 0.1) is 65.1 Å². The first-order valence-electron chi connectivity index (χ1n) is 9.13. The normalized spacial score (nSPS) is 24.3. The highest BCUT2D eigenvalue weighted by molar-refractivity contribution is 7.12. The zero-order valence-electron chi connectivity index (χ0n) is 15.4. The molecule has 2 rings (SSSR count). The van der Waals surface area contributed by atoms with Crippen molar-refractivity contribution in [2.24, 2.45) is 0 Å². The second-order valence-corrected chi connectivity index (χ2v) is 6.99. The molecule has 0 saturated carbocycles. The minimum Gasteiger partial charge on any atom is -0.377 e. The number of fused-ring (bicyclic) bond motifs is 2. The molecule has 0 fully saturated rings. The van der Waals surface area contributed by atoms with Crippen LogP contribution in [-0.4, -0.2) is 52.9 Å². The number of rotatable bonds is 4. The van der Waals surface area contributed by atoms with Crippen molar-refractivity contribution < 1.29 is 23.7 Å². The van der Waals surface area contributed by atoms with Crippen molar-refractivity contribution in [2.75, 3.05) is 52.9 Å². The van der Waals surface area contributed by atoms with E-state index in [1.165, 1.54) is 9.75 Å². The summed E-state index contributed by atoms with van der Waals surface area (Å²) < 4.78 is 28.6. The highest BCUT2D eigenvalue weighted by Crippen LogP contribution is 2.34. The monoisotopic (exact) mass is 382 g/mol. The van der Waals surface area contributed by atoms with Gasteiger partial charge in [-0.3, -0.25) is 0 Å². The summed E-state index contributed by atoms with van der Waals surface area (Å²) in [5.74, 6) is 0. The number of hydrogen-bond donors (Lipinski definition) is 0. The van der Waals surface area contributed by atoms with Crippen LogP contribution in [0.5, 0.6) is 0 Å². The van der Waals surface area contributed by atoms with Crippen LogP contribution >= 0.6 is 11.3 Å². The summed E-state index contributed by atoms with van der Waals surface area (Å²) in [6.07, 6.45) is 5.31. The molecule has 0 aliphatic carbocycles. The lowest BCUT2D eigenvalue weighted by atomic mass is 10.2. The summed E-state index contributed by atoms with van der Waals surface area (Å²) in [4.78, 5) is 2.36. The molecule has 1 aromatic rings. The summed E-state index contributed by atoms with van der Waals surface area (Å²) in [7, 11) is 0. The van der Waals surface area contributed by atoms with Gasteiger partial charge in [-0.2, -0.15) is 0 Å². The second-order valence-electron chi connectivity index (χ2n) is 5.84. The van der Waals surface area contributed by atoms with Crippen LogP contribution in [0.3, 0.4) is 0 Å². The van der Waals surface area contributed by atoms with E-state index in [0.29, 0.717) is 52.9 Å². The fourth-order valence-corrected chi connectivity index (χ4v) is 3.73. The number of hydrogen-bond acceptors (Lipinski definition) is 6. The van der Waals surface area contributed by atoms with Crippen molar-refractivity contribution >= 4 is 11.3 Å². The van der Waals surface area contributed by atoms with Gasteiger partial charge in [-0.05, 0) is 25.0 Å².